The molecule has 1 aliphatic heterocycles. The lowest BCUT2D eigenvalue weighted by molar-refractivity contribution is 0.312. The van der Waals surface area contributed by atoms with Crippen molar-refractivity contribution >= 4 is 16.9 Å². The highest BCUT2D eigenvalue weighted by molar-refractivity contribution is 5.81. The number of pyridine rings is 1. The number of hydrogen-bond acceptors (Lipinski definition) is 5. The first kappa shape index (κ1) is 11.0. The summed E-state index contributed by atoms with van der Waals surface area (Å²) in [6.45, 7) is 4.06. The van der Waals surface area contributed by atoms with E-state index < -0.39 is 0 Å². The number of aromatic amines is 1. The van der Waals surface area contributed by atoms with Crippen LogP contribution in [0.5, 0.6) is 0 Å². The summed E-state index contributed by atoms with van der Waals surface area (Å²) < 4.78 is 0. The van der Waals surface area contributed by atoms with Gasteiger partial charge >= 0.3 is 0 Å². The fourth-order valence-electron chi connectivity index (χ4n) is 2.19. The monoisotopic (exact) mass is 242 g/mol. The summed E-state index contributed by atoms with van der Waals surface area (Å²) in [7, 11) is 2.13. The number of likely N-dealkylation sites (N-methyl/N-ethyl adjacent to an activating group) is 1. The Labute approximate surface area is 105 Å². The third kappa shape index (κ3) is 1.79. The molecule has 0 aromatic carbocycles. The molecule has 0 spiro atoms. The second-order valence-electron chi connectivity index (χ2n) is 4.54. The number of nitriles is 1. The van der Waals surface area contributed by atoms with E-state index >= 15 is 0 Å². The standard InChI is InChI=1S/C12H14N6/c1-17-4-6-18(7-5-17)11-3-2-9-10(8-13)15-16-12(9)14-11/h2-3H,4-7H2,1H3,(H,14,15,16). The minimum atomic E-state index is 0.405. The van der Waals surface area contributed by atoms with E-state index in [-0.39, 0.29) is 0 Å². The molecule has 0 aliphatic carbocycles. The van der Waals surface area contributed by atoms with Gasteiger partial charge in [0, 0.05) is 26.2 Å². The topological polar surface area (TPSA) is 71.8 Å². The number of nitrogens with zero attached hydrogens (tertiary/aromatic N) is 5. The van der Waals surface area contributed by atoms with Gasteiger partial charge in [-0.15, -0.1) is 0 Å². The summed E-state index contributed by atoms with van der Waals surface area (Å²) in [4.78, 5) is 9.09. The van der Waals surface area contributed by atoms with Crippen molar-refractivity contribution in [1.29, 1.82) is 5.26 Å². The summed E-state index contributed by atoms with van der Waals surface area (Å²) in [6.07, 6.45) is 0. The molecule has 2 aromatic rings. The molecular weight excluding hydrogens is 228 g/mol. The number of piperazine rings is 1. The average molecular weight is 242 g/mol. The smallest absolute Gasteiger partial charge is 0.171 e. The molecule has 6 nitrogen and oxygen atoms in total. The molecule has 6 heteroatoms. The Morgan fingerprint density at radius 3 is 2.78 bits per heavy atom. The average Bonchev–Trinajstić information content (AvgIpc) is 2.81. The molecule has 2 aromatic heterocycles. The van der Waals surface area contributed by atoms with Crippen LogP contribution in [0.2, 0.25) is 0 Å². The van der Waals surface area contributed by atoms with Crippen molar-refractivity contribution in [3.8, 4) is 6.07 Å². The Morgan fingerprint density at radius 1 is 1.28 bits per heavy atom. The lowest BCUT2D eigenvalue weighted by Gasteiger charge is -2.33. The number of nitrogens with one attached hydrogen (secondary N) is 1. The summed E-state index contributed by atoms with van der Waals surface area (Å²) in [5, 5.41) is 16.4. The zero-order valence-corrected chi connectivity index (χ0v) is 10.2. The van der Waals surface area contributed by atoms with Gasteiger partial charge in [0.15, 0.2) is 11.3 Å². The Bertz CT molecular complexity index is 603. The van der Waals surface area contributed by atoms with Gasteiger partial charge in [0.1, 0.15) is 11.9 Å². The maximum absolute atomic E-state index is 8.90. The van der Waals surface area contributed by atoms with Gasteiger partial charge in [-0.2, -0.15) is 10.4 Å². The molecule has 1 N–H and O–H groups in total. The molecule has 0 atom stereocenters. The van der Waals surface area contributed by atoms with Crippen LogP contribution in [-0.4, -0.2) is 53.3 Å². The Balaban J connectivity index is 1.92. The van der Waals surface area contributed by atoms with Gasteiger partial charge in [-0.05, 0) is 19.2 Å². The van der Waals surface area contributed by atoms with Gasteiger partial charge in [0.05, 0.1) is 5.39 Å². The maximum Gasteiger partial charge on any atom is 0.171 e. The molecule has 0 saturated carbocycles. The third-order valence-electron chi connectivity index (χ3n) is 3.34. The molecule has 1 fully saturated rings. The molecule has 1 saturated heterocycles. The van der Waals surface area contributed by atoms with Crippen LogP contribution < -0.4 is 4.90 Å². The van der Waals surface area contributed by atoms with E-state index in [1.807, 2.05) is 12.1 Å². The lowest BCUT2D eigenvalue weighted by atomic mass is 10.2. The van der Waals surface area contributed by atoms with Gasteiger partial charge < -0.3 is 9.80 Å². The largest absolute Gasteiger partial charge is 0.354 e. The molecule has 0 radical (unpaired) electrons. The van der Waals surface area contributed by atoms with Crippen molar-refractivity contribution in [3.05, 3.63) is 17.8 Å². The first-order chi connectivity index (χ1) is 8.78. The van der Waals surface area contributed by atoms with E-state index in [1.165, 1.54) is 0 Å². The van der Waals surface area contributed by atoms with Gasteiger partial charge in [-0.25, -0.2) is 4.98 Å². The first-order valence-corrected chi connectivity index (χ1v) is 5.96. The zero-order chi connectivity index (χ0) is 12.5. The normalized spacial score (nSPS) is 17.0. The Kier molecular flexibility index (Phi) is 2.61. The van der Waals surface area contributed by atoms with Gasteiger partial charge in [-0.3, -0.25) is 5.10 Å². The molecule has 3 rings (SSSR count). The number of fused-ring (bicyclic) bond motifs is 1. The highest BCUT2D eigenvalue weighted by Crippen LogP contribution is 2.19. The van der Waals surface area contributed by atoms with Crippen molar-refractivity contribution in [3.63, 3.8) is 0 Å². The van der Waals surface area contributed by atoms with E-state index in [4.69, 9.17) is 5.26 Å². The minimum absolute atomic E-state index is 0.405. The summed E-state index contributed by atoms with van der Waals surface area (Å²) in [5.41, 5.74) is 1.09. The Morgan fingerprint density at radius 2 is 2.06 bits per heavy atom. The van der Waals surface area contributed by atoms with Crippen LogP contribution in [0.15, 0.2) is 12.1 Å². The van der Waals surface area contributed by atoms with Gasteiger partial charge in [-0.1, -0.05) is 0 Å². The van der Waals surface area contributed by atoms with Crippen LogP contribution in [0.1, 0.15) is 5.69 Å². The fourth-order valence-corrected chi connectivity index (χ4v) is 2.19. The van der Waals surface area contributed by atoms with E-state index in [9.17, 15) is 0 Å². The molecule has 0 unspecified atom stereocenters. The number of hydrogen-bond donors (Lipinski definition) is 1. The molecular formula is C12H14N6. The first-order valence-electron chi connectivity index (χ1n) is 5.96. The highest BCUT2D eigenvalue weighted by Gasteiger charge is 2.16. The minimum Gasteiger partial charge on any atom is -0.354 e. The fraction of sp³-hybridized carbons (Fsp3) is 0.417. The van der Waals surface area contributed by atoms with E-state index in [0.717, 1.165) is 37.4 Å². The van der Waals surface area contributed by atoms with Crippen LogP contribution in [-0.2, 0) is 0 Å². The van der Waals surface area contributed by atoms with Crippen molar-refractivity contribution in [2.45, 2.75) is 0 Å². The second-order valence-corrected chi connectivity index (χ2v) is 4.54. The maximum atomic E-state index is 8.90. The van der Waals surface area contributed by atoms with Crippen LogP contribution in [0.3, 0.4) is 0 Å². The van der Waals surface area contributed by atoms with Crippen molar-refractivity contribution in [2.24, 2.45) is 0 Å². The lowest BCUT2D eigenvalue weighted by Crippen LogP contribution is -2.44. The molecule has 1 aliphatic rings. The van der Waals surface area contributed by atoms with Crippen molar-refractivity contribution in [1.82, 2.24) is 20.1 Å². The van der Waals surface area contributed by atoms with Gasteiger partial charge in [0.2, 0.25) is 0 Å². The molecule has 0 amide bonds. The third-order valence-corrected chi connectivity index (χ3v) is 3.34. The number of anilines is 1. The molecule has 92 valence electrons. The predicted molar refractivity (Wildman–Crippen MR) is 68.3 cm³/mol. The Hall–Kier alpha value is -2.13. The van der Waals surface area contributed by atoms with E-state index in [2.05, 4.69) is 38.1 Å². The van der Waals surface area contributed by atoms with Crippen LogP contribution in [0, 0.1) is 11.3 Å². The van der Waals surface area contributed by atoms with E-state index in [0.29, 0.717) is 11.3 Å². The number of aromatic nitrogens is 3. The van der Waals surface area contributed by atoms with Gasteiger partial charge in [0.25, 0.3) is 0 Å². The van der Waals surface area contributed by atoms with E-state index in [1.54, 1.807) is 0 Å². The quantitative estimate of drug-likeness (QED) is 0.792. The molecule has 18 heavy (non-hydrogen) atoms. The summed E-state index contributed by atoms with van der Waals surface area (Å²) in [6, 6.07) is 5.93. The van der Waals surface area contributed by atoms with Crippen LogP contribution in [0.4, 0.5) is 5.82 Å². The molecule has 3 heterocycles. The summed E-state index contributed by atoms with van der Waals surface area (Å²) >= 11 is 0. The molecule has 0 bridgehead atoms. The number of rotatable bonds is 1. The highest BCUT2D eigenvalue weighted by atomic mass is 15.3. The van der Waals surface area contributed by atoms with Crippen molar-refractivity contribution < 1.29 is 0 Å². The van der Waals surface area contributed by atoms with Crippen molar-refractivity contribution in [2.75, 3.05) is 38.1 Å². The zero-order valence-electron chi connectivity index (χ0n) is 10.2. The van der Waals surface area contributed by atoms with Crippen LogP contribution >= 0.6 is 0 Å². The second kappa shape index (κ2) is 4.27. The SMILES string of the molecule is CN1CCN(c2ccc3c(C#N)n[nH]c3n2)CC1. The number of H-pyrrole nitrogens is 1. The summed E-state index contributed by atoms with van der Waals surface area (Å²) in [5.74, 6) is 0.948. The van der Waals surface area contributed by atoms with Crippen LogP contribution in [0.25, 0.3) is 11.0 Å². The predicted octanol–water partition coefficient (Wildman–Crippen LogP) is 0.581.